The minimum absolute atomic E-state index is 0.229. The van der Waals surface area contributed by atoms with Crippen molar-refractivity contribution in [2.24, 2.45) is 0 Å². The smallest absolute Gasteiger partial charge is 0.135 e. The molecule has 1 aromatic rings. The maximum Gasteiger partial charge on any atom is 0.135 e. The Bertz CT molecular complexity index is 395. The number of aliphatic hydroxyl groups excluding tert-OH is 1. The van der Waals surface area contributed by atoms with Gasteiger partial charge in [0.1, 0.15) is 10.3 Å². The van der Waals surface area contributed by atoms with Gasteiger partial charge in [-0.2, -0.15) is 0 Å². The Morgan fingerprint density at radius 3 is 2.39 bits per heavy atom. The average Bonchev–Trinajstić information content (AvgIpc) is 2.35. The number of rotatable bonds is 4. The first-order valence-corrected chi connectivity index (χ1v) is 6.81. The van der Waals surface area contributed by atoms with Crippen molar-refractivity contribution < 1.29 is 5.11 Å². The van der Waals surface area contributed by atoms with Gasteiger partial charge in [0.2, 0.25) is 0 Å². The number of halogens is 2. The fourth-order valence-corrected chi connectivity index (χ4v) is 2.52. The summed E-state index contributed by atoms with van der Waals surface area (Å²) in [6.07, 6.45) is 0. The molecule has 100 valence electrons. The van der Waals surface area contributed by atoms with E-state index in [-0.39, 0.29) is 6.61 Å². The van der Waals surface area contributed by atoms with Gasteiger partial charge in [0.15, 0.2) is 0 Å². The number of hydrogen-bond acceptors (Lipinski definition) is 4. The minimum atomic E-state index is 0.229. The fourth-order valence-electron chi connectivity index (χ4n) is 2.11. The summed E-state index contributed by atoms with van der Waals surface area (Å²) in [5.74, 6) is 0. The van der Waals surface area contributed by atoms with Crippen LogP contribution in [0, 0.1) is 0 Å². The van der Waals surface area contributed by atoms with Crippen LogP contribution < -0.4 is 0 Å². The van der Waals surface area contributed by atoms with Crippen LogP contribution in [-0.2, 0) is 6.54 Å². The predicted molar refractivity (Wildman–Crippen MR) is 73.1 cm³/mol. The molecule has 0 aromatic carbocycles. The Kier molecular flexibility index (Phi) is 5.21. The van der Waals surface area contributed by atoms with Crippen LogP contribution in [0.2, 0.25) is 10.3 Å². The molecule has 1 fully saturated rings. The summed E-state index contributed by atoms with van der Waals surface area (Å²) in [4.78, 5) is 8.64. The van der Waals surface area contributed by atoms with E-state index in [1.807, 2.05) is 6.07 Å². The maximum absolute atomic E-state index is 8.89. The van der Waals surface area contributed by atoms with Crippen LogP contribution in [0.25, 0.3) is 0 Å². The molecule has 0 spiro atoms. The monoisotopic (exact) mass is 289 g/mol. The second-order valence-electron chi connectivity index (χ2n) is 4.43. The number of pyridine rings is 1. The fraction of sp³-hybridized carbons (Fsp3) is 0.583. The molecular formula is C12H17Cl2N3O. The highest BCUT2D eigenvalue weighted by Gasteiger charge is 2.17. The van der Waals surface area contributed by atoms with Gasteiger partial charge in [-0.05, 0) is 6.07 Å². The zero-order chi connectivity index (χ0) is 13.0. The van der Waals surface area contributed by atoms with E-state index in [1.165, 1.54) is 0 Å². The van der Waals surface area contributed by atoms with E-state index in [1.54, 1.807) is 6.07 Å². The lowest BCUT2D eigenvalue weighted by molar-refractivity contribution is 0.108. The van der Waals surface area contributed by atoms with Crippen molar-refractivity contribution in [3.05, 3.63) is 28.0 Å². The van der Waals surface area contributed by atoms with Gasteiger partial charge in [-0.1, -0.05) is 29.3 Å². The molecule has 1 aliphatic rings. The first-order valence-electron chi connectivity index (χ1n) is 6.05. The van der Waals surface area contributed by atoms with Crippen molar-refractivity contribution in [1.82, 2.24) is 14.8 Å². The molecule has 1 N–H and O–H groups in total. The maximum atomic E-state index is 8.89. The Morgan fingerprint density at radius 2 is 1.78 bits per heavy atom. The second-order valence-corrected chi connectivity index (χ2v) is 5.17. The van der Waals surface area contributed by atoms with E-state index in [2.05, 4.69) is 14.8 Å². The lowest BCUT2D eigenvalue weighted by Crippen LogP contribution is -2.46. The molecule has 0 amide bonds. The molecule has 4 nitrogen and oxygen atoms in total. The first-order chi connectivity index (χ1) is 8.69. The molecule has 0 bridgehead atoms. The molecule has 0 saturated carbocycles. The number of piperazine rings is 1. The van der Waals surface area contributed by atoms with E-state index < -0.39 is 0 Å². The van der Waals surface area contributed by atoms with Crippen LogP contribution in [0.3, 0.4) is 0 Å². The number of hydrogen-bond donors (Lipinski definition) is 1. The lowest BCUT2D eigenvalue weighted by atomic mass is 10.2. The molecule has 6 heteroatoms. The quantitative estimate of drug-likeness (QED) is 0.853. The highest BCUT2D eigenvalue weighted by atomic mass is 35.5. The Morgan fingerprint density at radius 1 is 1.11 bits per heavy atom. The summed E-state index contributed by atoms with van der Waals surface area (Å²) in [7, 11) is 0. The second kappa shape index (κ2) is 6.68. The van der Waals surface area contributed by atoms with E-state index in [4.69, 9.17) is 28.3 Å². The summed E-state index contributed by atoms with van der Waals surface area (Å²) in [6.45, 7) is 5.73. The molecule has 0 atom stereocenters. The van der Waals surface area contributed by atoms with E-state index in [9.17, 15) is 0 Å². The Hall–Kier alpha value is -0.390. The summed E-state index contributed by atoms with van der Waals surface area (Å²) in [5.41, 5.74) is 1.01. The number of aromatic nitrogens is 1. The van der Waals surface area contributed by atoms with Crippen molar-refractivity contribution >= 4 is 23.2 Å². The Balaban J connectivity index is 1.87. The summed E-state index contributed by atoms with van der Waals surface area (Å²) in [5, 5.41) is 9.80. The summed E-state index contributed by atoms with van der Waals surface area (Å²) < 4.78 is 0. The van der Waals surface area contributed by atoms with Crippen LogP contribution in [0.5, 0.6) is 0 Å². The lowest BCUT2D eigenvalue weighted by Gasteiger charge is -2.34. The van der Waals surface area contributed by atoms with E-state index >= 15 is 0 Å². The highest BCUT2D eigenvalue weighted by Crippen LogP contribution is 2.18. The van der Waals surface area contributed by atoms with Gasteiger partial charge in [0, 0.05) is 44.8 Å². The SMILES string of the molecule is OCCN1CCN(Cc2ccc(Cl)nc2Cl)CC1. The molecule has 1 aliphatic heterocycles. The minimum Gasteiger partial charge on any atom is -0.395 e. The van der Waals surface area contributed by atoms with Crippen molar-refractivity contribution in [2.75, 3.05) is 39.3 Å². The van der Waals surface area contributed by atoms with Gasteiger partial charge < -0.3 is 5.11 Å². The van der Waals surface area contributed by atoms with Gasteiger partial charge in [0.05, 0.1) is 6.61 Å². The summed E-state index contributed by atoms with van der Waals surface area (Å²) in [6, 6.07) is 3.70. The van der Waals surface area contributed by atoms with Crippen molar-refractivity contribution in [1.29, 1.82) is 0 Å². The number of β-amino-alcohol motifs (C(OH)–C–C–N with tert-alkyl or cyclic N) is 1. The largest absolute Gasteiger partial charge is 0.395 e. The van der Waals surface area contributed by atoms with Crippen LogP contribution in [0.15, 0.2) is 12.1 Å². The van der Waals surface area contributed by atoms with Crippen LogP contribution in [-0.4, -0.2) is 59.2 Å². The molecule has 2 rings (SSSR count). The topological polar surface area (TPSA) is 39.6 Å². The van der Waals surface area contributed by atoms with Crippen molar-refractivity contribution in [3.8, 4) is 0 Å². The van der Waals surface area contributed by atoms with Gasteiger partial charge in [-0.3, -0.25) is 9.80 Å². The molecule has 1 saturated heterocycles. The molecule has 18 heavy (non-hydrogen) atoms. The molecule has 0 aliphatic carbocycles. The number of aliphatic hydroxyl groups is 1. The van der Waals surface area contributed by atoms with E-state index in [0.717, 1.165) is 44.8 Å². The highest BCUT2D eigenvalue weighted by molar-refractivity contribution is 6.32. The van der Waals surface area contributed by atoms with Crippen LogP contribution >= 0.6 is 23.2 Å². The third-order valence-corrected chi connectivity index (χ3v) is 3.70. The Labute approximate surface area is 117 Å². The average molecular weight is 290 g/mol. The zero-order valence-corrected chi connectivity index (χ0v) is 11.7. The third kappa shape index (κ3) is 3.80. The molecular weight excluding hydrogens is 273 g/mol. The van der Waals surface area contributed by atoms with Crippen molar-refractivity contribution in [3.63, 3.8) is 0 Å². The molecule has 0 unspecified atom stereocenters. The molecule has 2 heterocycles. The third-order valence-electron chi connectivity index (χ3n) is 3.17. The molecule has 0 radical (unpaired) electrons. The standard InChI is InChI=1S/C12H17Cl2N3O/c13-11-2-1-10(12(14)15-11)9-17-5-3-16(4-6-17)7-8-18/h1-2,18H,3-9H2. The van der Waals surface area contributed by atoms with Gasteiger partial charge in [-0.25, -0.2) is 4.98 Å². The van der Waals surface area contributed by atoms with Gasteiger partial charge >= 0.3 is 0 Å². The first kappa shape index (κ1) is 14.0. The van der Waals surface area contributed by atoms with Gasteiger partial charge in [0.25, 0.3) is 0 Å². The van der Waals surface area contributed by atoms with Crippen molar-refractivity contribution in [2.45, 2.75) is 6.54 Å². The van der Waals surface area contributed by atoms with Crippen LogP contribution in [0.1, 0.15) is 5.56 Å². The van der Waals surface area contributed by atoms with Crippen LogP contribution in [0.4, 0.5) is 0 Å². The predicted octanol–water partition coefficient (Wildman–Crippen LogP) is 1.50. The summed E-state index contributed by atoms with van der Waals surface area (Å²) >= 11 is 11.8. The molecule has 1 aromatic heterocycles. The number of nitrogens with zero attached hydrogens (tertiary/aromatic N) is 3. The zero-order valence-electron chi connectivity index (χ0n) is 10.1. The van der Waals surface area contributed by atoms with Gasteiger partial charge in [-0.15, -0.1) is 0 Å². The normalized spacial score (nSPS) is 18.2. The van der Waals surface area contributed by atoms with E-state index in [0.29, 0.717) is 10.3 Å².